The lowest BCUT2D eigenvalue weighted by molar-refractivity contribution is -0.229. The number of anilines is 1. The van der Waals surface area contributed by atoms with Crippen molar-refractivity contribution in [2.45, 2.75) is 76.9 Å². The number of ether oxygens (including phenoxy) is 5. The first-order valence-corrected chi connectivity index (χ1v) is 9.33. The van der Waals surface area contributed by atoms with Gasteiger partial charge in [-0.1, -0.05) is 0 Å². The number of nitrogens with one attached hydrogen (secondary N) is 1. The van der Waals surface area contributed by atoms with Crippen LogP contribution in [0.3, 0.4) is 0 Å². The molecule has 5 atom stereocenters. The van der Waals surface area contributed by atoms with E-state index < -0.39 is 42.3 Å². The predicted octanol–water partition coefficient (Wildman–Crippen LogP) is 2.22. The summed E-state index contributed by atoms with van der Waals surface area (Å²) >= 11 is 0. The van der Waals surface area contributed by atoms with Crippen molar-refractivity contribution in [3.8, 4) is 0 Å². The maximum absolute atomic E-state index is 13.0. The number of hydrogen-bond donors (Lipinski definition) is 1. The molecule has 28 heavy (non-hydrogen) atoms. The molecule has 1 N–H and O–H groups in total. The molecule has 152 valence electrons. The smallest absolute Gasteiger partial charge is 0.256 e. The van der Waals surface area contributed by atoms with Crippen molar-refractivity contribution in [1.29, 1.82) is 0 Å². The van der Waals surface area contributed by atoms with Gasteiger partial charge in [-0.2, -0.15) is 0 Å². The molecule has 3 saturated heterocycles. The fourth-order valence-corrected chi connectivity index (χ4v) is 3.82. The van der Waals surface area contributed by atoms with E-state index in [4.69, 9.17) is 23.7 Å². The Balaban J connectivity index is 1.54. The minimum absolute atomic E-state index is 0.0397. The Kier molecular flexibility index (Phi) is 4.59. The van der Waals surface area contributed by atoms with Crippen LogP contribution in [0, 0.1) is 0 Å². The SMILES string of the molecule is CC(=O)c1ccc(NC(=O)[C@@H]2O[C@H]3OC(C)(C)O[C@@H]3[C@H]3OC(C)(C)O[C@@H]32)cc1. The van der Waals surface area contributed by atoms with Gasteiger partial charge in [0.15, 0.2) is 29.8 Å². The topological polar surface area (TPSA) is 92.3 Å². The number of benzene rings is 1. The summed E-state index contributed by atoms with van der Waals surface area (Å²) in [5, 5.41) is 2.81. The van der Waals surface area contributed by atoms with Crippen molar-refractivity contribution in [3.05, 3.63) is 29.8 Å². The molecular formula is C20H25NO7. The summed E-state index contributed by atoms with van der Waals surface area (Å²) in [6.45, 7) is 8.64. The molecule has 1 amide bonds. The van der Waals surface area contributed by atoms with Crippen molar-refractivity contribution in [3.63, 3.8) is 0 Å². The zero-order chi connectivity index (χ0) is 20.3. The van der Waals surface area contributed by atoms with E-state index in [1.165, 1.54) is 6.92 Å². The third-order valence-electron chi connectivity index (χ3n) is 4.97. The summed E-state index contributed by atoms with van der Waals surface area (Å²) < 4.78 is 29.6. The van der Waals surface area contributed by atoms with Gasteiger partial charge < -0.3 is 29.0 Å². The summed E-state index contributed by atoms with van der Waals surface area (Å²) in [5.74, 6) is -2.13. The van der Waals surface area contributed by atoms with Crippen LogP contribution in [0.4, 0.5) is 5.69 Å². The standard InChI is InChI=1S/C20H25NO7/c1-10(22)11-6-8-12(9-7-11)21-17(23)15-13-14(26-19(2,3)25-13)16-18(24-15)28-20(4,5)27-16/h6-9,13-16,18H,1-5H3,(H,21,23)/t13-,14-,15+,16+,18-/m0/s1. The minimum Gasteiger partial charge on any atom is -0.342 e. The highest BCUT2D eigenvalue weighted by Crippen LogP contribution is 2.44. The molecule has 0 spiro atoms. The van der Waals surface area contributed by atoms with Crippen LogP contribution in [0.5, 0.6) is 0 Å². The Morgan fingerprint density at radius 1 is 0.857 bits per heavy atom. The first-order valence-electron chi connectivity index (χ1n) is 9.33. The Hall–Kier alpha value is -1.84. The van der Waals surface area contributed by atoms with Gasteiger partial charge in [0.1, 0.15) is 18.3 Å². The van der Waals surface area contributed by atoms with E-state index in [1.807, 2.05) is 0 Å². The summed E-state index contributed by atoms with van der Waals surface area (Å²) in [6.07, 6.45) is -3.28. The minimum atomic E-state index is -0.932. The van der Waals surface area contributed by atoms with E-state index in [0.29, 0.717) is 11.3 Å². The van der Waals surface area contributed by atoms with Crippen LogP contribution < -0.4 is 5.32 Å². The van der Waals surface area contributed by atoms with Crippen LogP contribution >= 0.6 is 0 Å². The molecule has 0 radical (unpaired) electrons. The molecule has 3 heterocycles. The second kappa shape index (κ2) is 6.60. The lowest BCUT2D eigenvalue weighted by Crippen LogP contribution is -2.58. The van der Waals surface area contributed by atoms with Crippen LogP contribution in [0.1, 0.15) is 45.0 Å². The van der Waals surface area contributed by atoms with E-state index >= 15 is 0 Å². The van der Waals surface area contributed by atoms with Crippen LogP contribution in [0.15, 0.2) is 24.3 Å². The molecule has 0 aliphatic carbocycles. The van der Waals surface area contributed by atoms with Crippen molar-refractivity contribution in [1.82, 2.24) is 0 Å². The van der Waals surface area contributed by atoms with Crippen molar-refractivity contribution < 1.29 is 33.3 Å². The van der Waals surface area contributed by atoms with Crippen molar-refractivity contribution >= 4 is 17.4 Å². The zero-order valence-electron chi connectivity index (χ0n) is 16.6. The molecule has 0 unspecified atom stereocenters. The zero-order valence-corrected chi connectivity index (χ0v) is 16.6. The highest BCUT2D eigenvalue weighted by atomic mass is 16.9. The summed E-state index contributed by atoms with van der Waals surface area (Å²) in [4.78, 5) is 24.4. The molecule has 0 aromatic heterocycles. The van der Waals surface area contributed by atoms with E-state index in [1.54, 1.807) is 52.0 Å². The van der Waals surface area contributed by atoms with E-state index in [2.05, 4.69) is 5.32 Å². The number of Topliss-reactive ketones (excluding diaryl/α,β-unsaturated/α-hetero) is 1. The van der Waals surface area contributed by atoms with Gasteiger partial charge in [-0.15, -0.1) is 0 Å². The second-order valence-corrected chi connectivity index (χ2v) is 8.21. The molecule has 3 aliphatic heterocycles. The number of fused-ring (bicyclic) bond motifs is 3. The van der Waals surface area contributed by atoms with E-state index in [0.717, 1.165) is 0 Å². The number of ketones is 1. The fraction of sp³-hybridized carbons (Fsp3) is 0.600. The summed E-state index contributed by atoms with van der Waals surface area (Å²) in [5.41, 5.74) is 1.13. The maximum atomic E-state index is 13.0. The number of amides is 1. The average molecular weight is 391 g/mol. The molecule has 3 aliphatic rings. The Morgan fingerprint density at radius 3 is 2.07 bits per heavy atom. The molecular weight excluding hydrogens is 366 g/mol. The highest BCUT2D eigenvalue weighted by Gasteiger charge is 2.62. The van der Waals surface area contributed by atoms with Gasteiger partial charge in [-0.3, -0.25) is 9.59 Å². The van der Waals surface area contributed by atoms with Gasteiger partial charge in [-0.25, -0.2) is 0 Å². The lowest BCUT2D eigenvalue weighted by atomic mass is 9.98. The molecule has 8 nitrogen and oxygen atoms in total. The van der Waals surface area contributed by atoms with Gasteiger partial charge >= 0.3 is 0 Å². The third-order valence-corrected chi connectivity index (χ3v) is 4.97. The monoisotopic (exact) mass is 391 g/mol. The van der Waals surface area contributed by atoms with E-state index in [9.17, 15) is 9.59 Å². The molecule has 0 bridgehead atoms. The van der Waals surface area contributed by atoms with Crippen LogP contribution in [-0.2, 0) is 28.5 Å². The van der Waals surface area contributed by atoms with E-state index in [-0.39, 0.29) is 11.7 Å². The fourth-order valence-electron chi connectivity index (χ4n) is 3.82. The normalized spacial score (nSPS) is 35.1. The molecule has 0 saturated carbocycles. The first-order chi connectivity index (χ1) is 13.0. The van der Waals surface area contributed by atoms with Gasteiger partial charge in [0, 0.05) is 11.3 Å². The van der Waals surface area contributed by atoms with Gasteiger partial charge in [0.05, 0.1) is 0 Å². The van der Waals surface area contributed by atoms with Crippen LogP contribution in [0.25, 0.3) is 0 Å². The molecule has 3 fully saturated rings. The number of carbonyl (C=O) groups excluding carboxylic acids is 2. The largest absolute Gasteiger partial charge is 0.342 e. The van der Waals surface area contributed by atoms with Crippen molar-refractivity contribution in [2.75, 3.05) is 5.32 Å². The quantitative estimate of drug-likeness (QED) is 0.790. The predicted molar refractivity (Wildman–Crippen MR) is 97.6 cm³/mol. The second-order valence-electron chi connectivity index (χ2n) is 8.21. The molecule has 4 rings (SSSR count). The van der Waals surface area contributed by atoms with Crippen LogP contribution in [0.2, 0.25) is 0 Å². The number of rotatable bonds is 3. The Morgan fingerprint density at radius 2 is 1.43 bits per heavy atom. The molecule has 1 aromatic rings. The van der Waals surface area contributed by atoms with Gasteiger partial charge in [0.25, 0.3) is 5.91 Å². The summed E-state index contributed by atoms with van der Waals surface area (Å²) in [6, 6.07) is 6.67. The van der Waals surface area contributed by atoms with Gasteiger partial charge in [0.2, 0.25) is 0 Å². The van der Waals surface area contributed by atoms with Gasteiger partial charge in [-0.05, 0) is 58.9 Å². The summed E-state index contributed by atoms with van der Waals surface area (Å²) in [7, 11) is 0. The molecule has 1 aromatic carbocycles. The molecule has 8 heteroatoms. The highest BCUT2D eigenvalue weighted by molar-refractivity contribution is 5.97. The number of hydrogen-bond acceptors (Lipinski definition) is 7. The average Bonchev–Trinajstić information content (AvgIpc) is 3.08. The third kappa shape index (κ3) is 3.58. The van der Waals surface area contributed by atoms with Crippen molar-refractivity contribution in [2.24, 2.45) is 0 Å². The number of carbonyl (C=O) groups is 2. The van der Waals surface area contributed by atoms with Crippen LogP contribution in [-0.4, -0.2) is 54.0 Å². The maximum Gasteiger partial charge on any atom is 0.256 e. The Bertz CT molecular complexity index is 788. The first kappa shape index (κ1) is 19.5. The Labute approximate surface area is 163 Å². The lowest BCUT2D eigenvalue weighted by Gasteiger charge is -2.36.